The number of rotatable bonds is 3. The minimum absolute atomic E-state index is 0.137. The Morgan fingerprint density at radius 1 is 0.958 bits per heavy atom. The van der Waals surface area contributed by atoms with Gasteiger partial charge in [0.15, 0.2) is 0 Å². The molecule has 0 spiro atoms. The number of para-hydroxylation sites is 1. The summed E-state index contributed by atoms with van der Waals surface area (Å²) in [7, 11) is -3.60. The van der Waals surface area contributed by atoms with Crippen LogP contribution in [0.5, 0.6) is 0 Å². The molecule has 0 atom stereocenters. The minimum Gasteiger partial charge on any atom is -0.368 e. The van der Waals surface area contributed by atoms with Gasteiger partial charge in [0.2, 0.25) is 10.0 Å². The second-order valence-corrected chi connectivity index (χ2v) is 7.76. The highest BCUT2D eigenvalue weighted by Gasteiger charge is 2.30. The first-order valence-corrected chi connectivity index (χ1v) is 9.34. The average molecular weight is 362 g/mol. The van der Waals surface area contributed by atoms with Crippen LogP contribution in [0.25, 0.3) is 0 Å². The molecule has 1 aliphatic heterocycles. The van der Waals surface area contributed by atoms with Gasteiger partial charge in [0.05, 0.1) is 16.3 Å². The smallest absolute Gasteiger partial charge is 0.244 e. The fourth-order valence-electron chi connectivity index (χ4n) is 2.81. The molecule has 0 unspecified atom stereocenters. The van der Waals surface area contributed by atoms with Crippen molar-refractivity contribution in [2.75, 3.05) is 31.1 Å². The summed E-state index contributed by atoms with van der Waals surface area (Å²) < 4.78 is 26.9. The van der Waals surface area contributed by atoms with Crippen LogP contribution in [-0.4, -0.2) is 38.9 Å². The van der Waals surface area contributed by atoms with Crippen LogP contribution in [0.4, 0.5) is 5.69 Å². The SMILES string of the molecule is N#Cc1ccccc1N1CCN(S(=O)(=O)c2ccccc2Cl)CC1. The molecule has 0 aliphatic carbocycles. The topological polar surface area (TPSA) is 64.4 Å². The van der Waals surface area contributed by atoms with Gasteiger partial charge in [-0.05, 0) is 24.3 Å². The van der Waals surface area contributed by atoms with Crippen molar-refractivity contribution in [2.45, 2.75) is 4.90 Å². The lowest BCUT2D eigenvalue weighted by molar-refractivity contribution is 0.385. The van der Waals surface area contributed by atoms with E-state index in [1.54, 1.807) is 24.3 Å². The quantitative estimate of drug-likeness (QED) is 0.843. The zero-order valence-corrected chi connectivity index (χ0v) is 14.5. The maximum atomic E-state index is 12.7. The molecule has 1 aliphatic rings. The number of piperazine rings is 1. The van der Waals surface area contributed by atoms with Gasteiger partial charge in [-0.2, -0.15) is 9.57 Å². The highest BCUT2D eigenvalue weighted by atomic mass is 35.5. The van der Waals surface area contributed by atoms with Gasteiger partial charge < -0.3 is 4.90 Å². The van der Waals surface area contributed by atoms with E-state index in [0.29, 0.717) is 31.7 Å². The van der Waals surface area contributed by atoms with Crippen LogP contribution in [0.3, 0.4) is 0 Å². The Bertz CT molecular complexity index is 885. The highest BCUT2D eigenvalue weighted by Crippen LogP contribution is 2.27. The minimum atomic E-state index is -3.60. The summed E-state index contributed by atoms with van der Waals surface area (Å²) in [5, 5.41) is 9.44. The monoisotopic (exact) mass is 361 g/mol. The van der Waals surface area contributed by atoms with Crippen molar-refractivity contribution < 1.29 is 8.42 Å². The van der Waals surface area contributed by atoms with E-state index >= 15 is 0 Å². The molecule has 0 aromatic heterocycles. The molecule has 0 N–H and O–H groups in total. The van der Waals surface area contributed by atoms with E-state index in [1.165, 1.54) is 10.4 Å². The van der Waals surface area contributed by atoms with E-state index in [2.05, 4.69) is 6.07 Å². The molecule has 0 saturated carbocycles. The van der Waals surface area contributed by atoms with E-state index in [9.17, 15) is 13.7 Å². The third kappa shape index (κ3) is 3.11. The van der Waals surface area contributed by atoms with Crippen molar-refractivity contribution in [1.29, 1.82) is 5.26 Å². The fraction of sp³-hybridized carbons (Fsp3) is 0.235. The van der Waals surface area contributed by atoms with Gasteiger partial charge in [-0.1, -0.05) is 35.9 Å². The lowest BCUT2D eigenvalue weighted by Crippen LogP contribution is -2.48. The maximum Gasteiger partial charge on any atom is 0.244 e. The van der Waals surface area contributed by atoms with Gasteiger partial charge in [0, 0.05) is 26.2 Å². The van der Waals surface area contributed by atoms with Crippen molar-refractivity contribution in [2.24, 2.45) is 0 Å². The fourth-order valence-corrected chi connectivity index (χ4v) is 4.72. The highest BCUT2D eigenvalue weighted by molar-refractivity contribution is 7.89. The van der Waals surface area contributed by atoms with Gasteiger partial charge in [0.25, 0.3) is 0 Å². The van der Waals surface area contributed by atoms with Crippen molar-refractivity contribution >= 4 is 27.3 Å². The van der Waals surface area contributed by atoms with Crippen LogP contribution >= 0.6 is 11.6 Å². The Balaban J connectivity index is 1.78. The van der Waals surface area contributed by atoms with E-state index in [4.69, 9.17) is 11.6 Å². The zero-order chi connectivity index (χ0) is 17.2. The first-order chi connectivity index (χ1) is 11.5. The molecule has 1 fully saturated rings. The Hall–Kier alpha value is -2.07. The first kappa shape index (κ1) is 16.8. The zero-order valence-electron chi connectivity index (χ0n) is 12.9. The predicted octanol–water partition coefficient (Wildman–Crippen LogP) is 2.72. The van der Waals surface area contributed by atoms with Crippen LogP contribution in [0, 0.1) is 11.3 Å². The van der Waals surface area contributed by atoms with Crippen LogP contribution in [0.15, 0.2) is 53.4 Å². The van der Waals surface area contributed by atoms with Gasteiger partial charge in [-0.3, -0.25) is 0 Å². The number of hydrogen-bond donors (Lipinski definition) is 0. The van der Waals surface area contributed by atoms with E-state index in [0.717, 1.165) is 5.69 Å². The van der Waals surface area contributed by atoms with Crippen molar-refractivity contribution in [3.05, 3.63) is 59.1 Å². The Morgan fingerprint density at radius 2 is 1.58 bits per heavy atom. The summed E-state index contributed by atoms with van der Waals surface area (Å²) in [6.45, 7) is 1.77. The predicted molar refractivity (Wildman–Crippen MR) is 93.6 cm³/mol. The number of hydrogen-bond acceptors (Lipinski definition) is 4. The summed E-state index contributed by atoms with van der Waals surface area (Å²) >= 11 is 6.04. The Labute approximate surface area is 146 Å². The molecule has 124 valence electrons. The van der Waals surface area contributed by atoms with E-state index < -0.39 is 10.0 Å². The first-order valence-electron chi connectivity index (χ1n) is 7.53. The molecule has 2 aromatic carbocycles. The van der Waals surface area contributed by atoms with E-state index in [1.807, 2.05) is 23.1 Å². The molecule has 3 rings (SSSR count). The molecule has 2 aromatic rings. The van der Waals surface area contributed by atoms with Gasteiger partial charge in [0.1, 0.15) is 11.0 Å². The number of anilines is 1. The van der Waals surface area contributed by atoms with Crippen LogP contribution in [0.2, 0.25) is 5.02 Å². The lowest BCUT2D eigenvalue weighted by atomic mass is 10.1. The summed E-state index contributed by atoms with van der Waals surface area (Å²) in [6.07, 6.45) is 0. The number of nitrogens with zero attached hydrogens (tertiary/aromatic N) is 3. The van der Waals surface area contributed by atoms with Crippen LogP contribution < -0.4 is 4.90 Å². The van der Waals surface area contributed by atoms with E-state index in [-0.39, 0.29) is 9.92 Å². The number of benzene rings is 2. The molecule has 0 amide bonds. The summed E-state index contributed by atoms with van der Waals surface area (Å²) in [5.41, 5.74) is 1.44. The van der Waals surface area contributed by atoms with Gasteiger partial charge >= 0.3 is 0 Å². The molecule has 0 bridgehead atoms. The molecule has 24 heavy (non-hydrogen) atoms. The summed E-state index contributed by atoms with van der Waals surface area (Å²) in [6, 6.07) is 16.0. The third-order valence-electron chi connectivity index (χ3n) is 4.06. The van der Waals surface area contributed by atoms with Gasteiger partial charge in [-0.15, -0.1) is 0 Å². The number of halogens is 1. The van der Waals surface area contributed by atoms with Crippen LogP contribution in [-0.2, 0) is 10.0 Å². The maximum absolute atomic E-state index is 12.7. The second kappa shape index (κ2) is 6.81. The second-order valence-electron chi connectivity index (χ2n) is 5.45. The molecule has 7 heteroatoms. The van der Waals surface area contributed by atoms with Crippen molar-refractivity contribution in [1.82, 2.24) is 4.31 Å². The standard InChI is InChI=1S/C17H16ClN3O2S/c18-15-6-2-4-8-17(15)24(22,23)21-11-9-20(10-12-21)16-7-3-1-5-14(16)13-19/h1-8H,9-12H2. The number of sulfonamides is 1. The average Bonchev–Trinajstić information content (AvgIpc) is 2.62. The van der Waals surface area contributed by atoms with Gasteiger partial charge in [-0.25, -0.2) is 8.42 Å². The third-order valence-corrected chi connectivity index (χ3v) is 6.46. The van der Waals surface area contributed by atoms with Crippen LogP contribution in [0.1, 0.15) is 5.56 Å². The lowest BCUT2D eigenvalue weighted by Gasteiger charge is -2.35. The molecule has 5 nitrogen and oxygen atoms in total. The number of nitriles is 1. The Kier molecular flexibility index (Phi) is 4.76. The summed E-state index contributed by atoms with van der Waals surface area (Å²) in [5.74, 6) is 0. The molecule has 1 saturated heterocycles. The molecular weight excluding hydrogens is 346 g/mol. The Morgan fingerprint density at radius 3 is 2.25 bits per heavy atom. The normalized spacial score (nSPS) is 15.9. The molecular formula is C17H16ClN3O2S. The summed E-state index contributed by atoms with van der Waals surface area (Å²) in [4.78, 5) is 2.18. The molecule has 1 heterocycles. The van der Waals surface area contributed by atoms with Crippen molar-refractivity contribution in [3.63, 3.8) is 0 Å². The largest absolute Gasteiger partial charge is 0.368 e. The molecule has 0 radical (unpaired) electrons. The van der Waals surface area contributed by atoms with Crippen molar-refractivity contribution in [3.8, 4) is 6.07 Å².